The van der Waals surface area contributed by atoms with Crippen LogP contribution in [0.4, 0.5) is 0 Å². The molecule has 1 aliphatic rings. The minimum absolute atomic E-state index is 0.182. The highest BCUT2D eigenvalue weighted by Crippen LogP contribution is 2.24. The molecule has 0 bridgehead atoms. The number of para-hydroxylation sites is 1. The number of ether oxygens (including phenoxy) is 2. The molecule has 128 valence electrons. The highest BCUT2D eigenvalue weighted by Gasteiger charge is 2.26. The maximum absolute atomic E-state index is 12.8. The molecule has 0 radical (unpaired) electrons. The third-order valence-corrected chi connectivity index (χ3v) is 4.02. The van der Waals surface area contributed by atoms with E-state index in [-0.39, 0.29) is 11.6 Å². The average molecular weight is 345 g/mol. The van der Waals surface area contributed by atoms with Crippen LogP contribution in [0.2, 0.25) is 0 Å². The molecule has 0 atom stereocenters. The molecule has 0 spiro atoms. The summed E-state index contributed by atoms with van der Waals surface area (Å²) in [5.41, 5.74) is 1.74. The van der Waals surface area contributed by atoms with E-state index in [1.807, 2.05) is 0 Å². The fraction of sp³-hybridized carbons (Fsp3) is 0.0909. The SMILES string of the molecule is COc1ccc(C(=O)C2=CC(C(=O)c3ccccc3OC)=C[C+]=C2)cc1. The molecule has 0 heterocycles. The van der Waals surface area contributed by atoms with Gasteiger partial charge in [0.2, 0.25) is 5.78 Å². The van der Waals surface area contributed by atoms with E-state index < -0.39 is 0 Å². The minimum Gasteiger partial charge on any atom is -0.497 e. The van der Waals surface area contributed by atoms with Crippen LogP contribution >= 0.6 is 0 Å². The summed E-state index contributed by atoms with van der Waals surface area (Å²) in [6, 6.07) is 13.8. The third kappa shape index (κ3) is 3.46. The van der Waals surface area contributed by atoms with Gasteiger partial charge in [0.25, 0.3) is 5.78 Å². The van der Waals surface area contributed by atoms with Gasteiger partial charge in [0.15, 0.2) is 0 Å². The van der Waals surface area contributed by atoms with Gasteiger partial charge in [-0.1, -0.05) is 12.1 Å². The predicted molar refractivity (Wildman–Crippen MR) is 98.6 cm³/mol. The van der Waals surface area contributed by atoms with Gasteiger partial charge < -0.3 is 9.47 Å². The van der Waals surface area contributed by atoms with Crippen molar-refractivity contribution in [1.82, 2.24) is 0 Å². The van der Waals surface area contributed by atoms with Crippen molar-refractivity contribution in [3.63, 3.8) is 0 Å². The van der Waals surface area contributed by atoms with Crippen LogP contribution in [0.3, 0.4) is 0 Å². The quantitative estimate of drug-likeness (QED) is 0.587. The Labute approximate surface area is 152 Å². The molecule has 4 heteroatoms. The number of allylic oxidation sites excluding steroid dienone is 6. The first-order valence-corrected chi connectivity index (χ1v) is 8.01. The first-order valence-electron chi connectivity index (χ1n) is 8.01. The molecule has 0 aromatic heterocycles. The second-order valence-corrected chi connectivity index (χ2v) is 5.60. The van der Waals surface area contributed by atoms with Crippen LogP contribution < -0.4 is 9.47 Å². The number of ketones is 2. The Morgan fingerprint density at radius 1 is 0.846 bits per heavy atom. The summed E-state index contributed by atoms with van der Waals surface area (Å²) in [5, 5.41) is 0. The third-order valence-electron chi connectivity index (χ3n) is 4.02. The zero-order valence-corrected chi connectivity index (χ0v) is 14.5. The van der Waals surface area contributed by atoms with Gasteiger partial charge in [-0.2, -0.15) is 0 Å². The predicted octanol–water partition coefficient (Wildman–Crippen LogP) is 4.00. The van der Waals surface area contributed by atoms with Crippen molar-refractivity contribution in [2.24, 2.45) is 0 Å². The van der Waals surface area contributed by atoms with Crippen molar-refractivity contribution < 1.29 is 19.1 Å². The zero-order valence-electron chi connectivity index (χ0n) is 14.5. The van der Waals surface area contributed by atoms with Crippen molar-refractivity contribution in [2.45, 2.75) is 0 Å². The topological polar surface area (TPSA) is 52.6 Å². The van der Waals surface area contributed by atoms with Gasteiger partial charge in [-0.25, -0.2) is 0 Å². The Bertz CT molecular complexity index is 931. The van der Waals surface area contributed by atoms with E-state index in [2.05, 4.69) is 6.08 Å². The van der Waals surface area contributed by atoms with Crippen LogP contribution in [0.15, 0.2) is 77.9 Å². The Morgan fingerprint density at radius 2 is 1.58 bits per heavy atom. The van der Waals surface area contributed by atoms with Crippen molar-refractivity contribution in [2.75, 3.05) is 14.2 Å². The van der Waals surface area contributed by atoms with Gasteiger partial charge in [-0.15, -0.1) is 0 Å². The van der Waals surface area contributed by atoms with E-state index in [0.717, 1.165) is 0 Å². The molecule has 2 aromatic carbocycles. The van der Waals surface area contributed by atoms with E-state index in [0.29, 0.717) is 33.8 Å². The van der Waals surface area contributed by atoms with Crippen LogP contribution in [0.25, 0.3) is 0 Å². The van der Waals surface area contributed by atoms with Crippen LogP contribution in [-0.4, -0.2) is 25.8 Å². The van der Waals surface area contributed by atoms with Crippen molar-refractivity contribution in [3.8, 4) is 11.5 Å². The number of carbonyl (C=O) groups is 2. The smallest absolute Gasteiger partial charge is 0.252 e. The maximum atomic E-state index is 12.8. The second-order valence-electron chi connectivity index (χ2n) is 5.60. The highest BCUT2D eigenvalue weighted by molar-refractivity contribution is 6.16. The Kier molecular flexibility index (Phi) is 5.07. The molecular formula is C22H17O4+. The van der Waals surface area contributed by atoms with Crippen LogP contribution in [0.5, 0.6) is 11.5 Å². The number of hydrogen-bond acceptors (Lipinski definition) is 4. The Hall–Kier alpha value is -3.49. The standard InChI is InChI=1S/C22H17O4/c1-25-18-12-10-15(11-13-18)21(23)16-6-5-7-17(14-16)22(24)19-8-3-4-9-20(19)26-2/h3-4,6-14H,1-2H3/q+1. The summed E-state index contributed by atoms with van der Waals surface area (Å²) >= 11 is 0. The molecular weight excluding hydrogens is 328 g/mol. The van der Waals surface area contributed by atoms with Gasteiger partial charge in [0.05, 0.1) is 25.9 Å². The van der Waals surface area contributed by atoms with Crippen molar-refractivity contribution in [3.05, 3.63) is 95.1 Å². The average Bonchev–Trinajstić information content (AvgIpc) is 2.72. The normalized spacial score (nSPS) is 12.5. The summed E-state index contributed by atoms with van der Waals surface area (Å²) in [6.45, 7) is 0. The zero-order chi connectivity index (χ0) is 18.5. The van der Waals surface area contributed by atoms with Gasteiger partial charge in [-0.3, -0.25) is 9.59 Å². The van der Waals surface area contributed by atoms with E-state index >= 15 is 0 Å². The summed E-state index contributed by atoms with van der Waals surface area (Å²) < 4.78 is 10.3. The number of hydrogen-bond donors (Lipinski definition) is 0. The highest BCUT2D eigenvalue weighted by atomic mass is 16.5. The summed E-state index contributed by atoms with van der Waals surface area (Å²) in [6.07, 6.45) is 7.61. The molecule has 3 rings (SSSR count). The van der Waals surface area contributed by atoms with E-state index in [4.69, 9.17) is 9.47 Å². The van der Waals surface area contributed by atoms with Crippen LogP contribution in [0, 0.1) is 6.08 Å². The largest absolute Gasteiger partial charge is 0.497 e. The molecule has 0 amide bonds. The maximum Gasteiger partial charge on any atom is 0.252 e. The Morgan fingerprint density at radius 3 is 2.27 bits per heavy atom. The van der Waals surface area contributed by atoms with Crippen molar-refractivity contribution >= 4 is 11.6 Å². The Balaban J connectivity index is 1.88. The fourth-order valence-corrected chi connectivity index (χ4v) is 2.63. The summed E-state index contributed by atoms with van der Waals surface area (Å²) in [5.74, 6) is 0.763. The molecule has 4 nitrogen and oxygen atoms in total. The lowest BCUT2D eigenvalue weighted by Gasteiger charge is -2.06. The van der Waals surface area contributed by atoms with Gasteiger partial charge >= 0.3 is 0 Å². The summed E-state index contributed by atoms with van der Waals surface area (Å²) in [7, 11) is 3.08. The van der Waals surface area contributed by atoms with Crippen molar-refractivity contribution in [1.29, 1.82) is 0 Å². The lowest BCUT2D eigenvalue weighted by Crippen LogP contribution is -2.09. The van der Waals surface area contributed by atoms with E-state index in [1.165, 1.54) is 7.11 Å². The van der Waals surface area contributed by atoms with Gasteiger partial charge in [0.1, 0.15) is 34.8 Å². The molecule has 0 N–H and O–H groups in total. The lowest BCUT2D eigenvalue weighted by molar-refractivity contribution is 0.103. The monoisotopic (exact) mass is 345 g/mol. The molecule has 0 saturated carbocycles. The molecule has 0 fully saturated rings. The molecule has 26 heavy (non-hydrogen) atoms. The molecule has 1 aliphatic carbocycles. The molecule has 0 saturated heterocycles. The van der Waals surface area contributed by atoms with Gasteiger partial charge in [-0.05, 0) is 36.4 Å². The van der Waals surface area contributed by atoms with Crippen LogP contribution in [-0.2, 0) is 0 Å². The van der Waals surface area contributed by atoms with E-state index in [9.17, 15) is 9.59 Å². The number of Topliss-reactive ketones (excluding diaryl/α,β-unsaturated/α-hetero) is 2. The first kappa shape index (κ1) is 17.3. The fourth-order valence-electron chi connectivity index (χ4n) is 2.63. The van der Waals surface area contributed by atoms with Gasteiger partial charge in [0, 0.05) is 11.6 Å². The molecule has 0 aliphatic heterocycles. The molecule has 2 aromatic rings. The minimum atomic E-state index is -0.219. The molecule has 0 unspecified atom stereocenters. The number of methoxy groups -OCH3 is 2. The second kappa shape index (κ2) is 7.60. The summed E-state index contributed by atoms with van der Waals surface area (Å²) in [4.78, 5) is 25.5. The lowest BCUT2D eigenvalue weighted by atomic mass is 9.93. The number of carbonyl (C=O) groups excluding carboxylic acids is 2. The van der Waals surface area contributed by atoms with Crippen LogP contribution in [0.1, 0.15) is 20.7 Å². The number of benzene rings is 2. The van der Waals surface area contributed by atoms with E-state index in [1.54, 1.807) is 73.9 Å². The number of rotatable bonds is 6. The first-order chi connectivity index (χ1) is 12.6.